The molecule has 0 radical (unpaired) electrons. The van der Waals surface area contributed by atoms with Crippen LogP contribution in [0, 0.1) is 10.1 Å². The second kappa shape index (κ2) is 20.1. The Morgan fingerprint density at radius 1 is 0.617 bits per heavy atom. The molecule has 0 unspecified atom stereocenters. The Hall–Kier alpha value is -5.68. The molecule has 2 aromatic carbocycles. The topological polar surface area (TPSA) is 229 Å². The predicted octanol–water partition coefficient (Wildman–Crippen LogP) is 8.54. The summed E-state index contributed by atoms with van der Waals surface area (Å²) >= 11 is 0. The van der Waals surface area contributed by atoms with Crippen molar-refractivity contribution < 1.29 is 43.0 Å². The van der Waals surface area contributed by atoms with E-state index >= 15 is 0 Å². The van der Waals surface area contributed by atoms with Crippen LogP contribution in [0.5, 0.6) is 0 Å². The van der Waals surface area contributed by atoms with Gasteiger partial charge in [-0.1, -0.05) is 0 Å². The minimum absolute atomic E-state index is 0.0161. The van der Waals surface area contributed by atoms with Crippen molar-refractivity contribution in [3.05, 3.63) is 46.5 Å². The lowest BCUT2D eigenvalue weighted by Gasteiger charge is -2.35. The van der Waals surface area contributed by atoms with Crippen LogP contribution in [0.2, 0.25) is 0 Å². The van der Waals surface area contributed by atoms with E-state index in [1.54, 1.807) is 65.8 Å². The first-order valence-corrected chi connectivity index (χ1v) is 20.2. The molecule has 2 fully saturated rings. The number of piperidine rings is 2. The van der Waals surface area contributed by atoms with Crippen LogP contribution in [-0.4, -0.2) is 90.0 Å². The molecule has 0 spiro atoms. The Morgan fingerprint density at radius 2 is 0.983 bits per heavy atom. The molecule has 18 nitrogen and oxygen atoms in total. The number of ether oxygens (including phenoxy) is 4. The number of nitro benzene ring substituents is 1. The third kappa shape index (κ3) is 17.7. The molecule has 0 aromatic heterocycles. The number of nitrogens with zero attached hydrogens (tertiary/aromatic N) is 3. The number of nitrogens with two attached hydrogens (primary N) is 1. The van der Waals surface area contributed by atoms with E-state index in [9.17, 15) is 29.3 Å². The summed E-state index contributed by atoms with van der Waals surface area (Å²) in [5.41, 5.74) is 6.41. The summed E-state index contributed by atoms with van der Waals surface area (Å²) in [5, 5.41) is 22.7. The summed E-state index contributed by atoms with van der Waals surface area (Å²) in [6.07, 6.45) is 1.20. The molecule has 0 aliphatic carbocycles. The van der Waals surface area contributed by atoms with Gasteiger partial charge in [0, 0.05) is 50.0 Å². The lowest BCUT2D eigenvalue weighted by atomic mass is 10.0. The summed E-state index contributed by atoms with van der Waals surface area (Å²) in [6, 6.07) is 9.67. The molecule has 2 heterocycles. The normalized spacial score (nSPS) is 17.2. The maximum atomic E-state index is 12.1. The van der Waals surface area contributed by atoms with E-state index in [0.29, 0.717) is 36.7 Å². The zero-order valence-corrected chi connectivity index (χ0v) is 37.3. The number of hydrogen-bond acceptors (Lipinski definition) is 13. The van der Waals surface area contributed by atoms with Crippen LogP contribution < -0.4 is 36.8 Å². The summed E-state index contributed by atoms with van der Waals surface area (Å²) in [4.78, 5) is 63.2. The summed E-state index contributed by atoms with van der Waals surface area (Å²) in [6.45, 7) is 24.0. The molecule has 2 aliphatic heterocycles. The summed E-state index contributed by atoms with van der Waals surface area (Å²) in [7, 11) is 0. The SMILES string of the molecule is CC(C)(C)OC(=O)Nc1ccc(N2CCC[C@@H](NC(=O)OC(C)(C)C)C2)c(N)c1.CC(C)(C)OC(=O)Nc1ccc(N2CCC[C@@H](NC(=O)OC(C)(C)C)C2)c([N+](=O)[O-])c1. The van der Waals surface area contributed by atoms with E-state index in [4.69, 9.17) is 24.7 Å². The Bertz CT molecular complexity index is 1830. The molecule has 2 aliphatic rings. The highest BCUT2D eigenvalue weighted by molar-refractivity contribution is 5.88. The molecule has 60 heavy (non-hydrogen) atoms. The smallest absolute Gasteiger partial charge is 0.412 e. The van der Waals surface area contributed by atoms with Gasteiger partial charge < -0.3 is 45.1 Å². The highest BCUT2D eigenvalue weighted by atomic mass is 16.6. The average molecular weight is 843 g/mol. The molecule has 4 amide bonds. The fourth-order valence-electron chi connectivity index (χ4n) is 6.35. The molecule has 2 aromatic rings. The van der Waals surface area contributed by atoms with Gasteiger partial charge in [-0.05, 0) is 139 Å². The lowest BCUT2D eigenvalue weighted by molar-refractivity contribution is -0.384. The molecule has 4 rings (SSSR count). The van der Waals surface area contributed by atoms with Crippen molar-refractivity contribution in [2.45, 2.75) is 143 Å². The van der Waals surface area contributed by atoms with E-state index in [1.165, 1.54) is 6.07 Å². The number of nitrogen functional groups attached to an aromatic ring is 1. The van der Waals surface area contributed by atoms with E-state index in [1.807, 2.05) is 52.5 Å². The van der Waals surface area contributed by atoms with Crippen LogP contribution in [0.1, 0.15) is 109 Å². The predicted molar refractivity (Wildman–Crippen MR) is 233 cm³/mol. The fourth-order valence-corrected chi connectivity index (χ4v) is 6.35. The van der Waals surface area contributed by atoms with Gasteiger partial charge in [0.25, 0.3) is 5.69 Å². The second-order valence-electron chi connectivity index (χ2n) is 18.9. The van der Waals surface area contributed by atoms with Crippen LogP contribution in [0.15, 0.2) is 36.4 Å². The maximum Gasteiger partial charge on any atom is 0.412 e. The molecule has 334 valence electrons. The van der Waals surface area contributed by atoms with E-state index in [0.717, 1.165) is 37.9 Å². The molecule has 18 heteroatoms. The van der Waals surface area contributed by atoms with Crippen molar-refractivity contribution in [3.8, 4) is 0 Å². The third-order valence-corrected chi connectivity index (χ3v) is 8.46. The van der Waals surface area contributed by atoms with Crippen molar-refractivity contribution in [2.75, 3.05) is 52.3 Å². The highest BCUT2D eigenvalue weighted by Crippen LogP contribution is 2.34. The Labute approximate surface area is 353 Å². The first-order valence-electron chi connectivity index (χ1n) is 20.2. The standard InChI is InChI=1S/C21H32N4O6.C21H34N4O4/c1-20(2,3)30-18(26)22-14-9-10-16(17(12-14)25(28)29)24-11-7-8-15(13-24)23-19(27)31-21(4,5)6;1-20(2,3)28-18(26)23-14-9-10-17(16(22)12-14)25-11-7-8-15(13-25)24-19(27)29-21(4,5)6/h9-10,12,15H,7-8,11,13H2,1-6H3,(H,22,26)(H,23,27);9-10,12,15H,7-8,11,13,22H2,1-6H3,(H,23,26)(H,24,27)/t2*15-/m11/s1. The number of hydrogen-bond donors (Lipinski definition) is 5. The third-order valence-electron chi connectivity index (χ3n) is 8.46. The fraction of sp³-hybridized carbons (Fsp3) is 0.619. The van der Waals surface area contributed by atoms with Gasteiger partial charge in [0.15, 0.2) is 0 Å². The summed E-state index contributed by atoms with van der Waals surface area (Å²) in [5.74, 6) is 0. The van der Waals surface area contributed by atoms with Crippen molar-refractivity contribution in [2.24, 2.45) is 0 Å². The van der Waals surface area contributed by atoms with Gasteiger partial charge >= 0.3 is 24.4 Å². The highest BCUT2D eigenvalue weighted by Gasteiger charge is 2.29. The molecule has 0 bridgehead atoms. The number of amides is 4. The van der Waals surface area contributed by atoms with E-state index in [2.05, 4.69) is 26.2 Å². The van der Waals surface area contributed by atoms with Gasteiger partial charge in [-0.15, -0.1) is 0 Å². The van der Waals surface area contributed by atoms with Crippen molar-refractivity contribution in [1.82, 2.24) is 10.6 Å². The Morgan fingerprint density at radius 3 is 1.37 bits per heavy atom. The van der Waals surface area contributed by atoms with Crippen molar-refractivity contribution in [3.63, 3.8) is 0 Å². The van der Waals surface area contributed by atoms with E-state index < -0.39 is 51.7 Å². The van der Waals surface area contributed by atoms with Crippen molar-refractivity contribution in [1.29, 1.82) is 0 Å². The monoisotopic (exact) mass is 842 g/mol. The van der Waals surface area contributed by atoms with Gasteiger partial charge in [0.05, 0.1) is 22.0 Å². The molecular weight excluding hydrogens is 777 g/mol. The minimum Gasteiger partial charge on any atom is -0.444 e. The number of alkyl carbamates (subject to hydrolysis) is 2. The van der Waals surface area contributed by atoms with Gasteiger partial charge in [-0.2, -0.15) is 0 Å². The number of carbonyl (C=O) groups excluding carboxylic acids is 4. The van der Waals surface area contributed by atoms with Gasteiger partial charge in [-0.25, -0.2) is 19.2 Å². The van der Waals surface area contributed by atoms with Crippen LogP contribution in [0.25, 0.3) is 0 Å². The quantitative estimate of drug-likeness (QED) is 0.0763. The lowest BCUT2D eigenvalue weighted by Crippen LogP contribution is -2.49. The minimum atomic E-state index is -0.686. The number of benzene rings is 2. The number of carbonyl (C=O) groups is 4. The largest absolute Gasteiger partial charge is 0.444 e. The van der Waals surface area contributed by atoms with Gasteiger partial charge in [0.2, 0.25) is 0 Å². The zero-order chi connectivity index (χ0) is 45.2. The Balaban J connectivity index is 0.000000321. The number of rotatable bonds is 7. The number of nitro groups is 1. The molecular formula is C42H66N8O10. The van der Waals surface area contributed by atoms with Crippen molar-refractivity contribution >= 4 is 58.5 Å². The molecule has 2 atom stereocenters. The summed E-state index contributed by atoms with van der Waals surface area (Å²) < 4.78 is 21.1. The van der Waals surface area contributed by atoms with Gasteiger partial charge in [-0.3, -0.25) is 20.7 Å². The molecule has 0 saturated carbocycles. The Kier molecular flexibility index (Phi) is 16.3. The van der Waals surface area contributed by atoms with E-state index in [-0.39, 0.29) is 23.5 Å². The second-order valence-corrected chi connectivity index (χ2v) is 18.9. The molecule has 2 saturated heterocycles. The first kappa shape index (κ1) is 48.7. The van der Waals surface area contributed by atoms with Crippen LogP contribution in [0.4, 0.5) is 53.3 Å². The maximum absolute atomic E-state index is 12.1. The zero-order valence-electron chi connectivity index (χ0n) is 37.3. The van der Waals surface area contributed by atoms with Crippen LogP contribution in [0.3, 0.4) is 0 Å². The molecule has 6 N–H and O–H groups in total. The van der Waals surface area contributed by atoms with Crippen LogP contribution in [-0.2, 0) is 18.9 Å². The average Bonchev–Trinajstić information content (AvgIpc) is 3.05. The first-order chi connectivity index (χ1) is 27.6. The van der Waals surface area contributed by atoms with Gasteiger partial charge in [0.1, 0.15) is 28.1 Å². The van der Waals surface area contributed by atoms with Crippen LogP contribution >= 0.6 is 0 Å². The number of anilines is 5. The number of nitrogens with one attached hydrogen (secondary N) is 4.